The molecule has 0 N–H and O–H groups in total. The van der Waals surface area contributed by atoms with E-state index in [1.54, 1.807) is 11.0 Å². The molecule has 0 saturated carbocycles. The standard InChI is InChI=1S/C15H15F3N4O2/c16-15(17,18)12-3-1-2-11(8-12)9-22-10-13(19-20-22)14(23)21-4-6-24-7-5-21/h1-3,8,10H,4-7,9H2. The predicted molar refractivity (Wildman–Crippen MR) is 77.3 cm³/mol. The molecule has 0 atom stereocenters. The number of morpholine rings is 1. The van der Waals surface area contributed by atoms with Crippen molar-refractivity contribution in [2.24, 2.45) is 0 Å². The lowest BCUT2D eigenvalue weighted by Crippen LogP contribution is -2.40. The summed E-state index contributed by atoms with van der Waals surface area (Å²) in [6, 6.07) is 4.98. The number of carbonyl (C=O) groups is 1. The minimum absolute atomic E-state index is 0.104. The molecular formula is C15H15F3N4O2. The molecular weight excluding hydrogens is 325 g/mol. The molecule has 1 fully saturated rings. The molecule has 24 heavy (non-hydrogen) atoms. The van der Waals surface area contributed by atoms with Gasteiger partial charge in [-0.2, -0.15) is 13.2 Å². The van der Waals surface area contributed by atoms with E-state index in [0.29, 0.717) is 31.9 Å². The first-order valence-electron chi connectivity index (χ1n) is 7.37. The molecule has 9 heteroatoms. The molecule has 3 rings (SSSR count). The van der Waals surface area contributed by atoms with E-state index < -0.39 is 11.7 Å². The second-order valence-corrected chi connectivity index (χ2v) is 5.40. The van der Waals surface area contributed by atoms with Crippen molar-refractivity contribution < 1.29 is 22.7 Å². The Labute approximate surface area is 135 Å². The highest BCUT2D eigenvalue weighted by molar-refractivity contribution is 5.91. The largest absolute Gasteiger partial charge is 0.416 e. The van der Waals surface area contributed by atoms with E-state index >= 15 is 0 Å². The summed E-state index contributed by atoms with van der Waals surface area (Å²) >= 11 is 0. The van der Waals surface area contributed by atoms with Gasteiger partial charge in [0.05, 0.1) is 31.5 Å². The molecule has 1 amide bonds. The fourth-order valence-electron chi connectivity index (χ4n) is 2.44. The maximum Gasteiger partial charge on any atom is 0.416 e. The Balaban J connectivity index is 1.71. The Morgan fingerprint density at radius 3 is 2.71 bits per heavy atom. The summed E-state index contributed by atoms with van der Waals surface area (Å²) in [6.07, 6.45) is -2.95. The number of ether oxygens (including phenoxy) is 1. The maximum absolute atomic E-state index is 12.7. The molecule has 1 aromatic heterocycles. The molecule has 2 aromatic rings. The van der Waals surface area contributed by atoms with Crippen molar-refractivity contribution in [3.8, 4) is 0 Å². The van der Waals surface area contributed by atoms with Gasteiger partial charge >= 0.3 is 6.18 Å². The highest BCUT2D eigenvalue weighted by Crippen LogP contribution is 2.29. The fourth-order valence-corrected chi connectivity index (χ4v) is 2.44. The lowest BCUT2D eigenvalue weighted by atomic mass is 10.1. The van der Waals surface area contributed by atoms with Gasteiger partial charge in [-0.05, 0) is 17.7 Å². The molecule has 1 aliphatic heterocycles. The molecule has 0 radical (unpaired) electrons. The lowest BCUT2D eigenvalue weighted by Gasteiger charge is -2.25. The monoisotopic (exact) mass is 340 g/mol. The third-order valence-electron chi connectivity index (χ3n) is 3.65. The summed E-state index contributed by atoms with van der Waals surface area (Å²) < 4.78 is 44.7. The van der Waals surface area contributed by atoms with Gasteiger partial charge in [0.2, 0.25) is 0 Å². The van der Waals surface area contributed by atoms with Gasteiger partial charge in [0.1, 0.15) is 0 Å². The van der Waals surface area contributed by atoms with Gasteiger partial charge in [0.25, 0.3) is 5.91 Å². The molecule has 128 valence electrons. The Bertz CT molecular complexity index is 724. The first kappa shape index (κ1) is 16.4. The highest BCUT2D eigenvalue weighted by atomic mass is 19.4. The van der Waals surface area contributed by atoms with Gasteiger partial charge < -0.3 is 9.64 Å². The first-order valence-corrected chi connectivity index (χ1v) is 7.37. The Morgan fingerprint density at radius 2 is 2.00 bits per heavy atom. The number of hydrogen-bond acceptors (Lipinski definition) is 4. The van der Waals surface area contributed by atoms with E-state index in [-0.39, 0.29) is 18.1 Å². The van der Waals surface area contributed by atoms with Gasteiger partial charge in [-0.25, -0.2) is 4.68 Å². The van der Waals surface area contributed by atoms with Gasteiger partial charge in [0, 0.05) is 13.1 Å². The molecule has 2 heterocycles. The van der Waals surface area contributed by atoms with Gasteiger partial charge in [-0.1, -0.05) is 17.3 Å². The van der Waals surface area contributed by atoms with E-state index in [1.807, 2.05) is 0 Å². The predicted octanol–water partition coefficient (Wildman–Crippen LogP) is 1.82. The Morgan fingerprint density at radius 1 is 1.25 bits per heavy atom. The van der Waals surface area contributed by atoms with Crippen LogP contribution < -0.4 is 0 Å². The number of aromatic nitrogens is 3. The smallest absolute Gasteiger partial charge is 0.378 e. The van der Waals surface area contributed by atoms with Crippen LogP contribution >= 0.6 is 0 Å². The summed E-state index contributed by atoms with van der Waals surface area (Å²) in [4.78, 5) is 13.9. The van der Waals surface area contributed by atoms with Crippen molar-refractivity contribution >= 4 is 5.91 Å². The topological polar surface area (TPSA) is 60.2 Å². The summed E-state index contributed by atoms with van der Waals surface area (Å²) in [5.74, 6) is -0.256. The van der Waals surface area contributed by atoms with Crippen LogP contribution in [0, 0.1) is 0 Å². The number of alkyl halides is 3. The van der Waals surface area contributed by atoms with Crippen LogP contribution in [0.2, 0.25) is 0 Å². The van der Waals surface area contributed by atoms with Gasteiger partial charge in [-0.3, -0.25) is 4.79 Å². The van der Waals surface area contributed by atoms with Crippen molar-refractivity contribution in [2.75, 3.05) is 26.3 Å². The summed E-state index contributed by atoms with van der Waals surface area (Å²) in [5, 5.41) is 7.64. The molecule has 0 bridgehead atoms. The summed E-state index contributed by atoms with van der Waals surface area (Å²) in [7, 11) is 0. The van der Waals surface area contributed by atoms with Crippen LogP contribution in [0.1, 0.15) is 21.6 Å². The minimum atomic E-state index is -4.39. The van der Waals surface area contributed by atoms with E-state index in [0.717, 1.165) is 12.1 Å². The second kappa shape index (κ2) is 6.60. The van der Waals surface area contributed by atoms with E-state index in [4.69, 9.17) is 4.74 Å². The van der Waals surface area contributed by atoms with Gasteiger partial charge in [0.15, 0.2) is 5.69 Å². The average Bonchev–Trinajstić information content (AvgIpc) is 3.03. The first-order chi connectivity index (χ1) is 11.4. The molecule has 6 nitrogen and oxygen atoms in total. The summed E-state index contributed by atoms with van der Waals surface area (Å²) in [5.41, 5.74) is -0.117. The Kier molecular flexibility index (Phi) is 4.52. The molecule has 0 unspecified atom stereocenters. The number of carbonyl (C=O) groups excluding carboxylic acids is 1. The van der Waals surface area contributed by atoms with Crippen molar-refractivity contribution in [3.63, 3.8) is 0 Å². The van der Waals surface area contributed by atoms with Crippen molar-refractivity contribution in [1.82, 2.24) is 19.9 Å². The van der Waals surface area contributed by atoms with Crippen LogP contribution in [0.5, 0.6) is 0 Å². The number of nitrogens with zero attached hydrogens (tertiary/aromatic N) is 4. The zero-order valence-electron chi connectivity index (χ0n) is 12.7. The molecule has 0 aliphatic carbocycles. The van der Waals surface area contributed by atoms with Crippen LogP contribution in [0.25, 0.3) is 0 Å². The SMILES string of the molecule is O=C(c1cn(Cc2cccc(C(F)(F)F)c2)nn1)N1CCOCC1. The maximum atomic E-state index is 12.7. The van der Waals surface area contributed by atoms with E-state index in [9.17, 15) is 18.0 Å². The third kappa shape index (κ3) is 3.73. The fraction of sp³-hybridized carbons (Fsp3) is 0.400. The minimum Gasteiger partial charge on any atom is -0.378 e. The number of halogens is 3. The van der Waals surface area contributed by atoms with Crippen LogP contribution in [-0.2, 0) is 17.5 Å². The molecule has 1 aliphatic rings. The third-order valence-corrected chi connectivity index (χ3v) is 3.65. The Hall–Kier alpha value is -2.42. The van der Waals surface area contributed by atoms with E-state index in [1.165, 1.54) is 16.9 Å². The number of amides is 1. The van der Waals surface area contributed by atoms with Crippen LogP contribution in [0.3, 0.4) is 0 Å². The molecule has 1 saturated heterocycles. The zero-order chi connectivity index (χ0) is 17.2. The van der Waals surface area contributed by atoms with E-state index in [2.05, 4.69) is 10.3 Å². The van der Waals surface area contributed by atoms with Crippen molar-refractivity contribution in [1.29, 1.82) is 0 Å². The van der Waals surface area contributed by atoms with Crippen LogP contribution in [0.4, 0.5) is 13.2 Å². The molecule has 1 aromatic carbocycles. The summed E-state index contributed by atoms with van der Waals surface area (Å²) in [6.45, 7) is 2.03. The quantitative estimate of drug-likeness (QED) is 0.855. The molecule has 0 spiro atoms. The number of benzene rings is 1. The average molecular weight is 340 g/mol. The highest BCUT2D eigenvalue weighted by Gasteiger charge is 2.30. The van der Waals surface area contributed by atoms with Crippen molar-refractivity contribution in [3.05, 3.63) is 47.3 Å². The normalized spacial score (nSPS) is 15.5. The van der Waals surface area contributed by atoms with Gasteiger partial charge in [-0.15, -0.1) is 5.10 Å². The second-order valence-electron chi connectivity index (χ2n) is 5.40. The van der Waals surface area contributed by atoms with Crippen molar-refractivity contribution in [2.45, 2.75) is 12.7 Å². The number of rotatable bonds is 3. The number of hydrogen-bond donors (Lipinski definition) is 0. The van der Waals surface area contributed by atoms with Crippen LogP contribution in [0.15, 0.2) is 30.5 Å². The lowest BCUT2D eigenvalue weighted by molar-refractivity contribution is -0.137. The zero-order valence-corrected chi connectivity index (χ0v) is 12.7. The van der Waals surface area contributed by atoms with Crippen LogP contribution in [-0.4, -0.2) is 52.1 Å².